The number of halogens is 2. The summed E-state index contributed by atoms with van der Waals surface area (Å²) in [7, 11) is 0. The Morgan fingerprint density at radius 1 is 0.906 bits per heavy atom. The fraction of sp³-hybridized carbons (Fsp3) is 0.0455. The zero-order chi connectivity index (χ0) is 22.1. The van der Waals surface area contributed by atoms with E-state index in [1.165, 1.54) is 12.1 Å². The Morgan fingerprint density at radius 2 is 1.69 bits per heavy atom. The molecule has 0 spiro atoms. The van der Waals surface area contributed by atoms with Gasteiger partial charge in [0.15, 0.2) is 5.82 Å². The summed E-state index contributed by atoms with van der Waals surface area (Å²) in [5.74, 6) is -0.790. The molecule has 5 aromatic rings. The molecule has 0 aliphatic rings. The molecule has 32 heavy (non-hydrogen) atoms. The predicted molar refractivity (Wildman–Crippen MR) is 113 cm³/mol. The van der Waals surface area contributed by atoms with E-state index in [1.54, 1.807) is 24.3 Å². The van der Waals surface area contributed by atoms with Crippen LogP contribution in [0.5, 0.6) is 0 Å². The molecule has 3 N–H and O–H groups in total. The molecule has 0 saturated carbocycles. The van der Waals surface area contributed by atoms with Gasteiger partial charge in [-0.15, -0.1) is 10.2 Å². The van der Waals surface area contributed by atoms with Gasteiger partial charge in [-0.25, -0.2) is 8.78 Å². The predicted octanol–water partition coefficient (Wildman–Crippen LogP) is 3.86. The van der Waals surface area contributed by atoms with Crippen LogP contribution in [0, 0.1) is 11.6 Å². The van der Waals surface area contributed by atoms with Crippen LogP contribution < -0.4 is 5.32 Å². The molecule has 1 amide bonds. The Bertz CT molecular complexity index is 1390. The minimum atomic E-state index is -0.623. The number of tetrazole rings is 1. The molecule has 5 rings (SSSR count). The first-order valence-corrected chi connectivity index (χ1v) is 9.62. The second-order valence-corrected chi connectivity index (χ2v) is 7.17. The van der Waals surface area contributed by atoms with Crippen LogP contribution in [-0.2, 0) is 6.42 Å². The van der Waals surface area contributed by atoms with E-state index in [2.05, 4.69) is 36.1 Å². The molecule has 0 fully saturated rings. The number of nitrogens with one attached hydrogen (secondary N) is 3. The van der Waals surface area contributed by atoms with Crippen LogP contribution in [0.2, 0.25) is 0 Å². The molecule has 0 atom stereocenters. The highest BCUT2D eigenvalue weighted by Crippen LogP contribution is 2.24. The van der Waals surface area contributed by atoms with Gasteiger partial charge in [0.25, 0.3) is 5.91 Å². The number of aromatic nitrogens is 6. The summed E-state index contributed by atoms with van der Waals surface area (Å²) >= 11 is 0. The molecule has 2 heterocycles. The van der Waals surface area contributed by atoms with Gasteiger partial charge in [-0.05, 0) is 59.2 Å². The number of hydrogen-bond donors (Lipinski definition) is 3. The topological polar surface area (TPSA) is 112 Å². The maximum Gasteiger partial charge on any atom is 0.256 e. The van der Waals surface area contributed by atoms with Gasteiger partial charge in [0.2, 0.25) is 5.82 Å². The van der Waals surface area contributed by atoms with Gasteiger partial charge in [0.05, 0.1) is 5.52 Å². The minimum absolute atomic E-state index is 0.334. The van der Waals surface area contributed by atoms with Crippen molar-refractivity contribution in [3.05, 3.63) is 89.0 Å². The molecule has 2 aromatic heterocycles. The van der Waals surface area contributed by atoms with Crippen LogP contribution in [-0.4, -0.2) is 36.7 Å². The van der Waals surface area contributed by atoms with Crippen molar-refractivity contribution < 1.29 is 13.6 Å². The first-order chi connectivity index (χ1) is 15.5. The lowest BCUT2D eigenvalue weighted by Gasteiger charge is -2.06. The lowest BCUT2D eigenvalue weighted by atomic mass is 10.0. The second kappa shape index (κ2) is 7.99. The molecule has 0 radical (unpaired) electrons. The lowest BCUT2D eigenvalue weighted by Crippen LogP contribution is -2.12. The van der Waals surface area contributed by atoms with Crippen molar-refractivity contribution in [2.24, 2.45) is 0 Å². The van der Waals surface area contributed by atoms with Gasteiger partial charge in [-0.3, -0.25) is 9.89 Å². The maximum atomic E-state index is 13.5. The number of hydrogen-bond acceptors (Lipinski definition) is 5. The number of amides is 1. The zero-order valence-electron chi connectivity index (χ0n) is 16.4. The summed E-state index contributed by atoms with van der Waals surface area (Å²) < 4.78 is 27.0. The van der Waals surface area contributed by atoms with Crippen molar-refractivity contribution in [1.82, 2.24) is 30.8 Å². The average Bonchev–Trinajstić information content (AvgIpc) is 3.44. The van der Waals surface area contributed by atoms with Crippen LogP contribution in [0.4, 0.5) is 14.6 Å². The number of benzene rings is 3. The van der Waals surface area contributed by atoms with E-state index in [1.807, 2.05) is 18.2 Å². The van der Waals surface area contributed by atoms with E-state index < -0.39 is 11.6 Å². The Labute approximate surface area is 179 Å². The smallest absolute Gasteiger partial charge is 0.256 e. The molecule has 0 unspecified atom stereocenters. The molecule has 3 aromatic carbocycles. The van der Waals surface area contributed by atoms with Crippen molar-refractivity contribution in [2.75, 3.05) is 5.32 Å². The highest BCUT2D eigenvalue weighted by molar-refractivity contribution is 6.08. The highest BCUT2D eigenvalue weighted by atomic mass is 19.1. The van der Waals surface area contributed by atoms with Gasteiger partial charge in [0, 0.05) is 22.6 Å². The third kappa shape index (κ3) is 3.93. The number of H-pyrrole nitrogens is 2. The van der Waals surface area contributed by atoms with E-state index in [9.17, 15) is 13.6 Å². The number of anilines is 1. The molecular weight excluding hydrogens is 416 g/mol. The molecule has 158 valence electrons. The van der Waals surface area contributed by atoms with Gasteiger partial charge >= 0.3 is 0 Å². The number of carbonyl (C=O) groups excluding carboxylic acids is 1. The van der Waals surface area contributed by atoms with Gasteiger partial charge in [-0.2, -0.15) is 10.3 Å². The molecular formula is C22H15F2N7O. The normalized spacial score (nSPS) is 11.1. The van der Waals surface area contributed by atoms with Crippen molar-refractivity contribution in [1.29, 1.82) is 0 Å². The first-order valence-electron chi connectivity index (χ1n) is 9.62. The van der Waals surface area contributed by atoms with Gasteiger partial charge in [-0.1, -0.05) is 18.2 Å². The fourth-order valence-electron chi connectivity index (χ4n) is 3.45. The third-order valence-electron chi connectivity index (χ3n) is 4.94. The number of nitrogens with zero attached hydrogens (tertiary/aromatic N) is 4. The van der Waals surface area contributed by atoms with Crippen molar-refractivity contribution in [3.8, 4) is 11.4 Å². The third-order valence-corrected chi connectivity index (χ3v) is 4.94. The van der Waals surface area contributed by atoms with Crippen molar-refractivity contribution >= 4 is 22.6 Å². The first kappa shape index (κ1) is 19.5. The Morgan fingerprint density at radius 3 is 2.41 bits per heavy atom. The molecule has 10 heteroatoms. The van der Waals surface area contributed by atoms with Crippen LogP contribution in [0.1, 0.15) is 21.5 Å². The zero-order valence-corrected chi connectivity index (χ0v) is 16.4. The number of rotatable bonds is 5. The fourth-order valence-corrected chi connectivity index (χ4v) is 3.45. The van der Waals surface area contributed by atoms with Gasteiger partial charge in [0.1, 0.15) is 11.6 Å². The lowest BCUT2D eigenvalue weighted by molar-refractivity contribution is 0.102. The molecule has 0 aliphatic heterocycles. The Balaban J connectivity index is 1.37. The van der Waals surface area contributed by atoms with Crippen LogP contribution in [0.3, 0.4) is 0 Å². The SMILES string of the molecule is O=C(Nc1n[nH]c2ccc(Cc3cc(F)cc(F)c3)cc12)c1ccc(-c2nn[nH]n2)cc1. The van der Waals surface area contributed by atoms with E-state index >= 15 is 0 Å². The monoisotopic (exact) mass is 431 g/mol. The second-order valence-electron chi connectivity index (χ2n) is 7.17. The summed E-state index contributed by atoms with van der Waals surface area (Å²) in [5.41, 5.74) is 3.21. The number of carbonyl (C=O) groups is 1. The van der Waals surface area contributed by atoms with E-state index in [-0.39, 0.29) is 5.91 Å². The van der Waals surface area contributed by atoms with E-state index in [0.29, 0.717) is 34.6 Å². The molecule has 0 bridgehead atoms. The minimum Gasteiger partial charge on any atom is -0.305 e. The van der Waals surface area contributed by atoms with Gasteiger partial charge < -0.3 is 5.32 Å². The summed E-state index contributed by atoms with van der Waals surface area (Å²) in [6.45, 7) is 0. The standard InChI is InChI=1S/C22H15F2N7O/c23-16-8-13(9-17(24)11-16)7-12-1-6-19-18(10-12)21(27-26-19)25-22(32)15-4-2-14(3-5-15)20-28-30-31-29-20/h1-6,8-11H,7H2,(H2,25,26,27,32)(H,28,29,30,31). The summed E-state index contributed by atoms with van der Waals surface area (Å²) in [6.07, 6.45) is 0.334. The van der Waals surface area contributed by atoms with Crippen LogP contribution in [0.25, 0.3) is 22.3 Å². The van der Waals surface area contributed by atoms with E-state index in [0.717, 1.165) is 22.7 Å². The summed E-state index contributed by atoms with van der Waals surface area (Å²) in [5, 5.41) is 24.2. The average molecular weight is 431 g/mol. The maximum absolute atomic E-state index is 13.5. The van der Waals surface area contributed by atoms with Crippen LogP contribution in [0.15, 0.2) is 60.7 Å². The summed E-state index contributed by atoms with van der Waals surface area (Å²) in [4.78, 5) is 12.7. The molecule has 0 aliphatic carbocycles. The Hall–Kier alpha value is -4.47. The number of fused-ring (bicyclic) bond motifs is 1. The quantitative estimate of drug-likeness (QED) is 0.391. The highest BCUT2D eigenvalue weighted by Gasteiger charge is 2.13. The van der Waals surface area contributed by atoms with E-state index in [4.69, 9.17) is 0 Å². The number of aromatic amines is 2. The largest absolute Gasteiger partial charge is 0.305 e. The molecule has 8 nitrogen and oxygen atoms in total. The van der Waals surface area contributed by atoms with Crippen molar-refractivity contribution in [2.45, 2.75) is 6.42 Å². The van der Waals surface area contributed by atoms with Crippen molar-refractivity contribution in [3.63, 3.8) is 0 Å². The Kier molecular flexibility index (Phi) is 4.86. The summed E-state index contributed by atoms with van der Waals surface area (Å²) in [6, 6.07) is 15.7. The van der Waals surface area contributed by atoms with Crippen LogP contribution >= 0.6 is 0 Å². The molecule has 0 saturated heterocycles.